The van der Waals surface area contributed by atoms with Gasteiger partial charge in [0, 0.05) is 0 Å². The molecule has 0 saturated heterocycles. The van der Waals surface area contributed by atoms with Crippen LogP contribution >= 0.6 is 0 Å². The molecular formula is C6H11O. The van der Waals surface area contributed by atoms with Crippen LogP contribution in [0.15, 0.2) is 12.7 Å². The first kappa shape index (κ1) is 6.70. The molecule has 0 aromatic heterocycles. The lowest BCUT2D eigenvalue weighted by Gasteiger charge is -1.97. The average molecular weight is 99.2 g/mol. The molecule has 0 aliphatic carbocycles. The monoisotopic (exact) mass is 99.1 g/mol. The Hall–Kier alpha value is -0.300. The third-order valence-electron chi connectivity index (χ3n) is 0.788. The van der Waals surface area contributed by atoms with Crippen molar-refractivity contribution in [1.82, 2.24) is 0 Å². The molecule has 0 aliphatic heterocycles. The fraction of sp³-hybridized carbons (Fsp3) is 0.500. The summed E-state index contributed by atoms with van der Waals surface area (Å²) >= 11 is 0. The largest absolute Gasteiger partial charge is 0.387 e. The second kappa shape index (κ2) is 3.88. The smallest absolute Gasteiger partial charge is 0.0967 e. The molecular weight excluding hydrogens is 88.1 g/mol. The van der Waals surface area contributed by atoms with Crippen LogP contribution in [0.25, 0.3) is 0 Å². The minimum absolute atomic E-state index is 0.509. The molecule has 41 valence electrons. The number of aliphatic hydroxyl groups is 1. The van der Waals surface area contributed by atoms with Gasteiger partial charge in [-0.05, 0) is 12.8 Å². The van der Waals surface area contributed by atoms with E-state index in [-0.39, 0.29) is 0 Å². The maximum absolute atomic E-state index is 8.70. The Bertz CT molecular complexity index is 50.1. The minimum atomic E-state index is 0.509. The van der Waals surface area contributed by atoms with E-state index >= 15 is 0 Å². The summed E-state index contributed by atoms with van der Waals surface area (Å²) in [4.78, 5) is 0. The van der Waals surface area contributed by atoms with E-state index in [4.69, 9.17) is 5.11 Å². The van der Waals surface area contributed by atoms with E-state index in [9.17, 15) is 0 Å². The van der Waals surface area contributed by atoms with Crippen molar-refractivity contribution >= 4 is 0 Å². The van der Waals surface area contributed by atoms with Gasteiger partial charge in [0.1, 0.15) is 0 Å². The van der Waals surface area contributed by atoms with Crippen LogP contribution in [0.1, 0.15) is 19.8 Å². The molecule has 0 rings (SSSR count). The van der Waals surface area contributed by atoms with Crippen molar-refractivity contribution in [1.29, 1.82) is 0 Å². The molecule has 0 aromatic carbocycles. The maximum atomic E-state index is 8.70. The summed E-state index contributed by atoms with van der Waals surface area (Å²) < 4.78 is 0. The van der Waals surface area contributed by atoms with Gasteiger partial charge in [0.15, 0.2) is 0 Å². The zero-order valence-corrected chi connectivity index (χ0v) is 4.65. The van der Waals surface area contributed by atoms with Gasteiger partial charge in [-0.15, -0.1) is 6.58 Å². The van der Waals surface area contributed by atoms with Gasteiger partial charge in [0.05, 0.1) is 6.10 Å². The van der Waals surface area contributed by atoms with Gasteiger partial charge < -0.3 is 5.11 Å². The summed E-state index contributed by atoms with van der Waals surface area (Å²) in [6.07, 6.45) is 3.58. The van der Waals surface area contributed by atoms with Gasteiger partial charge in [-0.1, -0.05) is 13.0 Å². The second-order valence-corrected chi connectivity index (χ2v) is 1.41. The van der Waals surface area contributed by atoms with E-state index < -0.39 is 0 Å². The first-order valence-electron chi connectivity index (χ1n) is 2.45. The van der Waals surface area contributed by atoms with Crippen molar-refractivity contribution in [3.63, 3.8) is 0 Å². The Morgan fingerprint density at radius 3 is 2.57 bits per heavy atom. The molecule has 7 heavy (non-hydrogen) atoms. The highest BCUT2D eigenvalue weighted by Crippen LogP contribution is 2.04. The van der Waals surface area contributed by atoms with Crippen LogP contribution in [0.3, 0.4) is 0 Å². The van der Waals surface area contributed by atoms with Crippen molar-refractivity contribution in [2.45, 2.75) is 19.8 Å². The topological polar surface area (TPSA) is 20.2 Å². The lowest BCUT2D eigenvalue weighted by atomic mass is 10.2. The van der Waals surface area contributed by atoms with E-state index in [2.05, 4.69) is 6.58 Å². The Labute approximate surface area is 44.7 Å². The molecule has 0 amide bonds. The summed E-state index contributed by atoms with van der Waals surface area (Å²) in [5.74, 6) is 0. The predicted molar refractivity (Wildman–Crippen MR) is 30.3 cm³/mol. The van der Waals surface area contributed by atoms with E-state index in [1.807, 2.05) is 6.92 Å². The summed E-state index contributed by atoms with van der Waals surface area (Å²) in [6.45, 7) is 5.38. The van der Waals surface area contributed by atoms with Gasteiger partial charge in [-0.3, -0.25) is 0 Å². The fourth-order valence-electron chi connectivity index (χ4n) is 0.311. The normalized spacial score (nSPS) is 9.57. The highest BCUT2D eigenvalue weighted by molar-refractivity contribution is 4.83. The van der Waals surface area contributed by atoms with Crippen molar-refractivity contribution in [3.05, 3.63) is 18.8 Å². The fourth-order valence-corrected chi connectivity index (χ4v) is 0.311. The molecule has 0 saturated carbocycles. The zero-order chi connectivity index (χ0) is 5.70. The third kappa shape index (κ3) is 3.53. The number of rotatable bonds is 3. The van der Waals surface area contributed by atoms with Crippen LogP contribution in [0.2, 0.25) is 0 Å². The molecule has 1 radical (unpaired) electrons. The summed E-state index contributed by atoms with van der Waals surface area (Å²) in [5.41, 5.74) is 0. The van der Waals surface area contributed by atoms with Gasteiger partial charge >= 0.3 is 0 Å². The van der Waals surface area contributed by atoms with Gasteiger partial charge in [0.2, 0.25) is 0 Å². The molecule has 1 nitrogen and oxygen atoms in total. The lowest BCUT2D eigenvalue weighted by molar-refractivity contribution is 0.287. The van der Waals surface area contributed by atoms with Gasteiger partial charge in [-0.25, -0.2) is 0 Å². The van der Waals surface area contributed by atoms with Crippen molar-refractivity contribution in [2.75, 3.05) is 0 Å². The molecule has 0 fully saturated rings. The summed E-state index contributed by atoms with van der Waals surface area (Å²) in [6, 6.07) is 0. The van der Waals surface area contributed by atoms with Crippen LogP contribution in [0.5, 0.6) is 0 Å². The maximum Gasteiger partial charge on any atom is 0.0967 e. The molecule has 0 aromatic rings. The summed E-state index contributed by atoms with van der Waals surface area (Å²) in [7, 11) is 0. The van der Waals surface area contributed by atoms with Crippen LogP contribution in [0.4, 0.5) is 0 Å². The molecule has 0 aliphatic rings. The Kier molecular flexibility index (Phi) is 3.71. The Balaban J connectivity index is 2.98. The van der Waals surface area contributed by atoms with Crippen molar-refractivity contribution < 1.29 is 5.11 Å². The molecule has 1 heteroatoms. The first-order chi connectivity index (χ1) is 3.31. The Morgan fingerprint density at radius 1 is 1.86 bits per heavy atom. The number of hydrogen-bond acceptors (Lipinski definition) is 1. The van der Waals surface area contributed by atoms with Gasteiger partial charge in [-0.2, -0.15) is 0 Å². The van der Waals surface area contributed by atoms with Crippen molar-refractivity contribution in [2.24, 2.45) is 0 Å². The molecule has 0 unspecified atom stereocenters. The minimum Gasteiger partial charge on any atom is -0.387 e. The quantitative estimate of drug-likeness (QED) is 0.535. The zero-order valence-electron chi connectivity index (χ0n) is 4.65. The number of hydrogen-bond donors (Lipinski definition) is 1. The molecule has 0 spiro atoms. The van der Waals surface area contributed by atoms with E-state index in [0.29, 0.717) is 12.5 Å². The predicted octanol–water partition coefficient (Wildman–Crippen LogP) is 1.88. The average Bonchev–Trinajstić information content (AvgIpc) is 1.68. The van der Waals surface area contributed by atoms with Crippen LogP contribution in [-0.4, -0.2) is 5.11 Å². The highest BCUT2D eigenvalue weighted by Gasteiger charge is 1.94. The molecule has 0 heterocycles. The first-order valence-corrected chi connectivity index (χ1v) is 2.45. The van der Waals surface area contributed by atoms with Crippen LogP contribution in [-0.2, 0) is 0 Å². The lowest BCUT2D eigenvalue weighted by Crippen LogP contribution is -1.88. The Morgan fingerprint density at radius 2 is 2.43 bits per heavy atom. The number of aliphatic hydroxyl groups excluding tert-OH is 1. The van der Waals surface area contributed by atoms with E-state index in [1.54, 1.807) is 6.08 Å². The highest BCUT2D eigenvalue weighted by atomic mass is 16.3. The summed E-state index contributed by atoms with van der Waals surface area (Å²) in [5, 5.41) is 8.70. The SMILES string of the molecule is C=CC[C](O)CC. The molecule has 0 atom stereocenters. The molecule has 1 N–H and O–H groups in total. The van der Waals surface area contributed by atoms with Gasteiger partial charge in [0.25, 0.3) is 0 Å². The second-order valence-electron chi connectivity index (χ2n) is 1.41. The van der Waals surface area contributed by atoms with E-state index in [1.165, 1.54) is 0 Å². The van der Waals surface area contributed by atoms with Crippen LogP contribution < -0.4 is 0 Å². The van der Waals surface area contributed by atoms with Crippen LogP contribution in [0, 0.1) is 6.10 Å². The standard InChI is InChI=1S/C6H11O/c1-3-5-6(7)4-2/h3,7H,1,4-5H2,2H3. The molecule has 0 bridgehead atoms. The third-order valence-corrected chi connectivity index (χ3v) is 0.788. The van der Waals surface area contributed by atoms with Crippen molar-refractivity contribution in [3.8, 4) is 0 Å². The van der Waals surface area contributed by atoms with E-state index in [0.717, 1.165) is 6.42 Å².